The van der Waals surface area contributed by atoms with Gasteiger partial charge in [-0.3, -0.25) is 0 Å². The van der Waals surface area contributed by atoms with Crippen LogP contribution in [0.25, 0.3) is 0 Å². The molecule has 1 aromatic carbocycles. The third-order valence-corrected chi connectivity index (χ3v) is 4.22. The molecule has 0 bridgehead atoms. The monoisotopic (exact) mass is 322 g/mol. The van der Waals surface area contributed by atoms with Crippen molar-refractivity contribution in [1.29, 1.82) is 0 Å². The van der Waals surface area contributed by atoms with Gasteiger partial charge >= 0.3 is 5.97 Å². The topological polar surface area (TPSA) is 65.2 Å². The fraction of sp³-hybridized carbons (Fsp3) is 0.200. The molecule has 0 atom stereocenters. The highest BCUT2D eigenvalue weighted by Gasteiger charge is 2.18. The quantitative estimate of drug-likeness (QED) is 0.686. The molecular formula is C15H15ClN2O2S. The molecule has 0 aliphatic heterocycles. The maximum Gasteiger partial charge on any atom is 0.339 e. The molecule has 0 fully saturated rings. The predicted molar refractivity (Wildman–Crippen MR) is 85.0 cm³/mol. The molecule has 110 valence electrons. The number of pyridine rings is 1. The number of methoxy groups -OCH3 is 1. The van der Waals surface area contributed by atoms with Crippen LogP contribution in [0.15, 0.2) is 34.2 Å². The van der Waals surface area contributed by atoms with Crippen LogP contribution >= 0.6 is 23.4 Å². The summed E-state index contributed by atoms with van der Waals surface area (Å²) < 4.78 is 4.79. The van der Waals surface area contributed by atoms with E-state index in [1.54, 1.807) is 12.1 Å². The maximum atomic E-state index is 11.9. The molecule has 0 radical (unpaired) electrons. The standard InChI is InChI=1S/C15H15ClN2O2S/c1-8-4-9(2)18-13(5-8)21-14-11(15(19)20-3)6-10(17)7-12(14)16/h4-7H,17H2,1-3H3. The van der Waals surface area contributed by atoms with E-state index in [1.165, 1.54) is 18.9 Å². The predicted octanol–water partition coefficient (Wildman–Crippen LogP) is 3.87. The number of carbonyl (C=O) groups excluding carboxylic acids is 1. The molecule has 0 spiro atoms. The number of ether oxygens (including phenoxy) is 1. The number of anilines is 1. The van der Waals surface area contributed by atoms with Gasteiger partial charge in [0, 0.05) is 16.3 Å². The second-order valence-corrected chi connectivity index (χ2v) is 6.04. The van der Waals surface area contributed by atoms with Crippen molar-refractivity contribution in [2.24, 2.45) is 0 Å². The van der Waals surface area contributed by atoms with Crippen molar-refractivity contribution in [2.75, 3.05) is 12.8 Å². The van der Waals surface area contributed by atoms with Crippen molar-refractivity contribution in [3.63, 3.8) is 0 Å². The third-order valence-electron chi connectivity index (χ3n) is 2.75. The van der Waals surface area contributed by atoms with Crippen LogP contribution in [0.3, 0.4) is 0 Å². The van der Waals surface area contributed by atoms with Crippen molar-refractivity contribution < 1.29 is 9.53 Å². The van der Waals surface area contributed by atoms with Gasteiger partial charge in [0.05, 0.1) is 17.7 Å². The summed E-state index contributed by atoms with van der Waals surface area (Å²) in [5, 5.41) is 1.17. The summed E-state index contributed by atoms with van der Waals surface area (Å²) in [7, 11) is 1.32. The first-order valence-electron chi connectivity index (χ1n) is 6.21. The summed E-state index contributed by atoms with van der Waals surface area (Å²) in [5.41, 5.74) is 8.50. The highest BCUT2D eigenvalue weighted by molar-refractivity contribution is 7.99. The summed E-state index contributed by atoms with van der Waals surface area (Å²) in [6.45, 7) is 3.91. The minimum Gasteiger partial charge on any atom is -0.465 e. The molecular weight excluding hydrogens is 308 g/mol. The van der Waals surface area contributed by atoms with E-state index in [0.29, 0.717) is 21.2 Å². The van der Waals surface area contributed by atoms with Crippen LogP contribution in [0.5, 0.6) is 0 Å². The molecule has 21 heavy (non-hydrogen) atoms. The number of halogens is 1. The minimum atomic E-state index is -0.476. The number of hydrogen-bond acceptors (Lipinski definition) is 5. The van der Waals surface area contributed by atoms with Crippen molar-refractivity contribution in [2.45, 2.75) is 23.8 Å². The molecule has 0 saturated heterocycles. The van der Waals surface area contributed by atoms with Crippen molar-refractivity contribution in [3.8, 4) is 0 Å². The molecule has 6 heteroatoms. The summed E-state index contributed by atoms with van der Waals surface area (Å²) in [5.74, 6) is -0.476. The average molecular weight is 323 g/mol. The fourth-order valence-corrected chi connectivity index (χ4v) is 3.34. The van der Waals surface area contributed by atoms with Gasteiger partial charge in [0.15, 0.2) is 0 Å². The molecule has 0 unspecified atom stereocenters. The second kappa shape index (κ2) is 6.37. The molecule has 0 saturated carbocycles. The van der Waals surface area contributed by atoms with E-state index >= 15 is 0 Å². The summed E-state index contributed by atoms with van der Waals surface area (Å²) in [6, 6.07) is 7.09. The number of carbonyl (C=O) groups is 1. The highest BCUT2D eigenvalue weighted by Crippen LogP contribution is 2.37. The van der Waals surface area contributed by atoms with E-state index in [0.717, 1.165) is 16.3 Å². The van der Waals surface area contributed by atoms with Crippen LogP contribution < -0.4 is 5.73 Å². The lowest BCUT2D eigenvalue weighted by atomic mass is 10.2. The lowest BCUT2D eigenvalue weighted by Gasteiger charge is -2.11. The van der Waals surface area contributed by atoms with Crippen LogP contribution in [0.1, 0.15) is 21.6 Å². The molecule has 0 amide bonds. The number of nitrogens with two attached hydrogens (primary N) is 1. The summed E-state index contributed by atoms with van der Waals surface area (Å²) in [4.78, 5) is 16.9. The summed E-state index contributed by atoms with van der Waals surface area (Å²) in [6.07, 6.45) is 0. The number of hydrogen-bond donors (Lipinski definition) is 1. The number of rotatable bonds is 3. The van der Waals surface area contributed by atoms with Gasteiger partial charge in [0.1, 0.15) is 5.03 Å². The first-order chi connectivity index (χ1) is 9.90. The van der Waals surface area contributed by atoms with Crippen LogP contribution in [-0.2, 0) is 4.74 Å². The van der Waals surface area contributed by atoms with Crippen LogP contribution in [-0.4, -0.2) is 18.1 Å². The first kappa shape index (κ1) is 15.7. The zero-order valence-electron chi connectivity index (χ0n) is 11.9. The van der Waals surface area contributed by atoms with Gasteiger partial charge in [-0.15, -0.1) is 0 Å². The van der Waals surface area contributed by atoms with Crippen LogP contribution in [0.4, 0.5) is 5.69 Å². The van der Waals surface area contributed by atoms with Crippen molar-refractivity contribution in [3.05, 3.63) is 46.1 Å². The fourth-order valence-electron chi connectivity index (χ4n) is 1.94. The van der Waals surface area contributed by atoms with E-state index in [9.17, 15) is 4.79 Å². The minimum absolute atomic E-state index is 0.341. The molecule has 1 aromatic heterocycles. The van der Waals surface area contributed by atoms with Gasteiger partial charge in [0.2, 0.25) is 0 Å². The lowest BCUT2D eigenvalue weighted by Crippen LogP contribution is -2.05. The Kier molecular flexibility index (Phi) is 4.75. The van der Waals surface area contributed by atoms with E-state index in [1.807, 2.05) is 26.0 Å². The Balaban J connectivity index is 2.50. The third kappa shape index (κ3) is 3.68. The SMILES string of the molecule is COC(=O)c1cc(N)cc(Cl)c1Sc1cc(C)cc(C)n1. The molecule has 4 nitrogen and oxygen atoms in total. The number of esters is 1. The first-order valence-corrected chi connectivity index (χ1v) is 7.40. The van der Waals surface area contributed by atoms with Gasteiger partial charge in [-0.1, -0.05) is 23.4 Å². The van der Waals surface area contributed by atoms with E-state index in [-0.39, 0.29) is 0 Å². The largest absolute Gasteiger partial charge is 0.465 e. The molecule has 0 aliphatic carbocycles. The zero-order valence-corrected chi connectivity index (χ0v) is 13.5. The van der Waals surface area contributed by atoms with E-state index in [4.69, 9.17) is 22.1 Å². The number of aromatic nitrogens is 1. The van der Waals surface area contributed by atoms with Crippen LogP contribution in [0, 0.1) is 13.8 Å². The van der Waals surface area contributed by atoms with Crippen molar-refractivity contribution >= 4 is 35.0 Å². The summed E-state index contributed by atoms with van der Waals surface area (Å²) >= 11 is 7.55. The Labute approximate surface area is 132 Å². The second-order valence-electron chi connectivity index (χ2n) is 4.60. The number of nitrogens with zero attached hydrogens (tertiary/aromatic N) is 1. The molecule has 2 N–H and O–H groups in total. The molecule has 2 rings (SSSR count). The number of benzene rings is 1. The zero-order chi connectivity index (χ0) is 15.6. The Morgan fingerprint density at radius 3 is 2.62 bits per heavy atom. The Morgan fingerprint density at radius 2 is 2.00 bits per heavy atom. The number of aryl methyl sites for hydroxylation is 2. The van der Waals surface area contributed by atoms with Gasteiger partial charge in [-0.25, -0.2) is 9.78 Å². The average Bonchev–Trinajstić information content (AvgIpc) is 2.39. The van der Waals surface area contributed by atoms with Gasteiger partial charge in [-0.05, 0) is 43.7 Å². The number of nitrogen functional groups attached to an aromatic ring is 1. The van der Waals surface area contributed by atoms with Crippen LogP contribution in [0.2, 0.25) is 5.02 Å². The molecule has 1 heterocycles. The highest BCUT2D eigenvalue weighted by atomic mass is 35.5. The van der Waals surface area contributed by atoms with E-state index < -0.39 is 5.97 Å². The Bertz CT molecular complexity index is 684. The normalized spacial score (nSPS) is 10.5. The van der Waals surface area contributed by atoms with Gasteiger partial charge < -0.3 is 10.5 Å². The smallest absolute Gasteiger partial charge is 0.339 e. The lowest BCUT2D eigenvalue weighted by molar-refractivity contribution is 0.0597. The maximum absolute atomic E-state index is 11.9. The van der Waals surface area contributed by atoms with Gasteiger partial charge in [-0.2, -0.15) is 0 Å². The van der Waals surface area contributed by atoms with E-state index in [2.05, 4.69) is 4.98 Å². The Morgan fingerprint density at radius 1 is 1.29 bits per heavy atom. The van der Waals surface area contributed by atoms with Gasteiger partial charge in [0.25, 0.3) is 0 Å². The molecule has 0 aliphatic rings. The Hall–Kier alpha value is -1.72. The molecule has 2 aromatic rings. The van der Waals surface area contributed by atoms with Crippen molar-refractivity contribution in [1.82, 2.24) is 4.98 Å².